The van der Waals surface area contributed by atoms with E-state index >= 15 is 0 Å². The Morgan fingerprint density at radius 2 is 1.90 bits per heavy atom. The van der Waals surface area contributed by atoms with E-state index in [1.54, 1.807) is 6.07 Å². The zero-order valence-electron chi connectivity index (χ0n) is 18.2. The summed E-state index contributed by atoms with van der Waals surface area (Å²) in [5.74, 6) is -0.138. The van der Waals surface area contributed by atoms with E-state index in [1.807, 2.05) is 24.3 Å². The zero-order valence-corrected chi connectivity index (χ0v) is 18.2. The third-order valence-corrected chi connectivity index (χ3v) is 6.40. The van der Waals surface area contributed by atoms with Crippen molar-refractivity contribution in [1.82, 2.24) is 5.32 Å². The van der Waals surface area contributed by atoms with Gasteiger partial charge in [0.05, 0.1) is 12.1 Å². The van der Waals surface area contributed by atoms with Crippen molar-refractivity contribution in [1.29, 1.82) is 0 Å². The number of aliphatic hydroxyl groups excluding tert-OH is 1. The van der Waals surface area contributed by atoms with Crippen LogP contribution in [-0.2, 0) is 12.8 Å². The first-order valence-electron chi connectivity index (χ1n) is 11.3. The first kappa shape index (κ1) is 21.6. The van der Waals surface area contributed by atoms with Crippen molar-refractivity contribution in [3.8, 4) is 5.75 Å². The first-order valence-corrected chi connectivity index (χ1v) is 11.3. The molecule has 0 saturated carbocycles. The maximum atomic E-state index is 14.7. The molecule has 2 aromatic rings. The number of nitrogens with one attached hydrogen (secondary N) is 2. The van der Waals surface area contributed by atoms with Crippen molar-refractivity contribution in [2.24, 2.45) is 0 Å². The predicted molar refractivity (Wildman–Crippen MR) is 119 cm³/mol. The van der Waals surface area contributed by atoms with E-state index in [1.165, 1.54) is 6.07 Å². The molecule has 2 aromatic carbocycles. The molecular weight excluding hydrogens is 395 g/mol. The fourth-order valence-corrected chi connectivity index (χ4v) is 5.18. The molecule has 0 unspecified atom stereocenters. The highest BCUT2D eigenvalue weighted by atomic mass is 19.1. The Balaban J connectivity index is 1.58. The number of carbonyl (C=O) groups is 1. The van der Waals surface area contributed by atoms with E-state index in [0.29, 0.717) is 30.5 Å². The average Bonchev–Trinajstić information content (AvgIpc) is 3.11. The van der Waals surface area contributed by atoms with Crippen LogP contribution in [0.2, 0.25) is 0 Å². The van der Waals surface area contributed by atoms with Crippen LogP contribution in [0.3, 0.4) is 0 Å². The van der Waals surface area contributed by atoms with Crippen LogP contribution in [0.25, 0.3) is 0 Å². The van der Waals surface area contributed by atoms with E-state index < -0.39 is 17.5 Å². The van der Waals surface area contributed by atoms with Crippen molar-refractivity contribution in [2.45, 2.75) is 76.5 Å². The van der Waals surface area contributed by atoms with Crippen LogP contribution in [0, 0.1) is 5.82 Å². The molecule has 1 aliphatic carbocycles. The molecule has 2 atom stereocenters. The summed E-state index contributed by atoms with van der Waals surface area (Å²) in [7, 11) is 0. The van der Waals surface area contributed by atoms with E-state index in [0.717, 1.165) is 36.8 Å². The van der Waals surface area contributed by atoms with Gasteiger partial charge < -0.3 is 20.5 Å². The molecule has 5 nitrogen and oxygen atoms in total. The molecule has 0 fully saturated rings. The van der Waals surface area contributed by atoms with Crippen LogP contribution < -0.4 is 15.4 Å². The lowest BCUT2D eigenvalue weighted by Gasteiger charge is -2.42. The lowest BCUT2D eigenvalue weighted by Crippen LogP contribution is -2.46. The second-order valence-corrected chi connectivity index (χ2v) is 8.80. The highest BCUT2D eigenvalue weighted by Crippen LogP contribution is 2.45. The minimum Gasteiger partial charge on any atom is -0.484 e. The molecule has 1 aliphatic heterocycles. The molecule has 0 radical (unpaired) electrons. The number of carbonyl (C=O) groups excluding carboxylic acids is 1. The summed E-state index contributed by atoms with van der Waals surface area (Å²) in [6.07, 6.45) is 4.78. The predicted octanol–water partition coefficient (Wildman–Crippen LogP) is 5.27. The van der Waals surface area contributed by atoms with Gasteiger partial charge in [-0.1, -0.05) is 51.0 Å². The average molecular weight is 427 g/mol. The lowest BCUT2D eigenvalue weighted by atomic mass is 9.81. The maximum absolute atomic E-state index is 14.7. The van der Waals surface area contributed by atoms with E-state index in [4.69, 9.17) is 4.74 Å². The van der Waals surface area contributed by atoms with Gasteiger partial charge in [-0.25, -0.2) is 9.18 Å². The van der Waals surface area contributed by atoms with Crippen LogP contribution in [0.1, 0.15) is 68.7 Å². The maximum Gasteiger partial charge on any atom is 0.319 e. The number of ether oxygens (including phenoxy) is 1. The fourth-order valence-electron chi connectivity index (χ4n) is 5.18. The van der Waals surface area contributed by atoms with Gasteiger partial charge in [-0.2, -0.15) is 0 Å². The van der Waals surface area contributed by atoms with Gasteiger partial charge in [-0.15, -0.1) is 0 Å². The highest BCUT2D eigenvalue weighted by Gasteiger charge is 2.41. The number of amides is 2. The lowest BCUT2D eigenvalue weighted by molar-refractivity contribution is 0.0107. The summed E-state index contributed by atoms with van der Waals surface area (Å²) in [6, 6.07) is 9.92. The molecule has 0 aromatic heterocycles. The third kappa shape index (κ3) is 4.40. The molecule has 3 N–H and O–H groups in total. The molecule has 4 rings (SSSR count). The summed E-state index contributed by atoms with van der Waals surface area (Å²) in [5.41, 5.74) is 2.94. The smallest absolute Gasteiger partial charge is 0.319 e. The van der Waals surface area contributed by atoms with Crippen molar-refractivity contribution < 1.29 is 19.0 Å². The number of hydrogen-bond donors (Lipinski definition) is 3. The summed E-state index contributed by atoms with van der Waals surface area (Å²) in [4.78, 5) is 13.0. The molecule has 166 valence electrons. The molecule has 0 spiro atoms. The largest absolute Gasteiger partial charge is 0.484 e. The molecule has 6 heteroatoms. The molecule has 31 heavy (non-hydrogen) atoms. The summed E-state index contributed by atoms with van der Waals surface area (Å²) in [6.45, 7) is 4.19. The minimum absolute atomic E-state index is 0.254. The number of benzene rings is 2. The zero-order chi connectivity index (χ0) is 22.0. The fraction of sp³-hybridized carbons (Fsp3) is 0.480. The van der Waals surface area contributed by atoms with E-state index in [-0.39, 0.29) is 17.8 Å². The standard InChI is InChI=1S/C25H31FN2O3/c1-3-11-25(12-4-2)15-22(18-8-6-9-20(26)23(18)31-25)28-24(30)27-21-10-5-7-16-13-17(29)14-19(16)21/h5-10,17,22,29H,3-4,11-15H2,1-2H3,(H2,27,28,30)/t17-,22-/m1/s1. The minimum atomic E-state index is -0.491. The number of aliphatic hydroxyl groups is 1. The summed E-state index contributed by atoms with van der Waals surface area (Å²) >= 11 is 0. The van der Waals surface area contributed by atoms with Crippen LogP contribution in [-0.4, -0.2) is 22.8 Å². The monoisotopic (exact) mass is 426 g/mol. The van der Waals surface area contributed by atoms with Gasteiger partial charge in [0.2, 0.25) is 0 Å². The van der Waals surface area contributed by atoms with Gasteiger partial charge in [-0.05, 0) is 42.5 Å². The van der Waals surface area contributed by atoms with Gasteiger partial charge in [0.1, 0.15) is 5.60 Å². The second-order valence-electron chi connectivity index (χ2n) is 8.80. The molecule has 0 saturated heterocycles. The van der Waals surface area contributed by atoms with Crippen molar-refractivity contribution in [3.05, 3.63) is 58.9 Å². The Labute approximate surface area is 183 Å². The number of fused-ring (bicyclic) bond motifs is 2. The Morgan fingerprint density at radius 1 is 1.16 bits per heavy atom. The molecule has 2 aliphatic rings. The molecule has 1 heterocycles. The Bertz CT molecular complexity index is 956. The second kappa shape index (κ2) is 8.87. The van der Waals surface area contributed by atoms with Crippen molar-refractivity contribution >= 4 is 11.7 Å². The Kier molecular flexibility index (Phi) is 6.19. The number of anilines is 1. The number of rotatable bonds is 6. The van der Waals surface area contributed by atoms with Crippen LogP contribution in [0.4, 0.5) is 14.9 Å². The SMILES string of the molecule is CCCC1(CCC)C[C@@H](NC(=O)Nc2cccc3c2C[C@H](O)C3)c2cccc(F)c2O1. The quantitative estimate of drug-likeness (QED) is 0.589. The Hall–Kier alpha value is -2.60. The van der Waals surface area contributed by atoms with Crippen molar-refractivity contribution in [2.75, 3.05) is 5.32 Å². The molecular formula is C25H31FN2O3. The van der Waals surface area contributed by atoms with Gasteiger partial charge in [0, 0.05) is 24.1 Å². The summed E-state index contributed by atoms with van der Waals surface area (Å²) in [5, 5.41) is 16.0. The van der Waals surface area contributed by atoms with Gasteiger partial charge >= 0.3 is 6.03 Å². The highest BCUT2D eigenvalue weighted by molar-refractivity contribution is 5.90. The first-order chi connectivity index (χ1) is 14.9. The van der Waals surface area contributed by atoms with Crippen LogP contribution in [0.15, 0.2) is 36.4 Å². The van der Waals surface area contributed by atoms with Gasteiger partial charge in [0.15, 0.2) is 11.6 Å². The molecule has 2 amide bonds. The molecule has 0 bridgehead atoms. The van der Waals surface area contributed by atoms with Gasteiger partial charge in [0.25, 0.3) is 0 Å². The number of hydrogen-bond acceptors (Lipinski definition) is 3. The number of halogens is 1. The number of urea groups is 1. The topological polar surface area (TPSA) is 70.6 Å². The normalized spacial score (nSPS) is 21.0. The third-order valence-electron chi connectivity index (χ3n) is 6.40. The number of para-hydroxylation sites is 1. The van der Waals surface area contributed by atoms with E-state index in [9.17, 15) is 14.3 Å². The van der Waals surface area contributed by atoms with E-state index in [2.05, 4.69) is 24.5 Å². The Morgan fingerprint density at radius 3 is 2.65 bits per heavy atom. The van der Waals surface area contributed by atoms with Crippen molar-refractivity contribution in [3.63, 3.8) is 0 Å². The van der Waals surface area contributed by atoms with Crippen LogP contribution >= 0.6 is 0 Å². The van der Waals surface area contributed by atoms with Gasteiger partial charge in [-0.3, -0.25) is 0 Å². The van der Waals surface area contributed by atoms with Crippen LogP contribution in [0.5, 0.6) is 5.75 Å². The summed E-state index contributed by atoms with van der Waals surface area (Å²) < 4.78 is 20.9.